The van der Waals surface area contributed by atoms with Crippen LogP contribution in [-0.2, 0) is 24.2 Å². The summed E-state index contributed by atoms with van der Waals surface area (Å²) in [6.45, 7) is 9.30. The van der Waals surface area contributed by atoms with Gasteiger partial charge in [-0.05, 0) is 72.6 Å². The lowest BCUT2D eigenvalue weighted by Gasteiger charge is -2.38. The Labute approximate surface area is 184 Å². The number of nitrogens with zero attached hydrogens (tertiary/aromatic N) is 2. The Bertz CT molecular complexity index is 973. The quantitative estimate of drug-likeness (QED) is 0.676. The molecule has 2 aromatic rings. The summed E-state index contributed by atoms with van der Waals surface area (Å²) in [6.07, 6.45) is 5.02. The number of aryl methyl sites for hydroxylation is 1. The summed E-state index contributed by atoms with van der Waals surface area (Å²) in [5.74, 6) is 0.641. The van der Waals surface area contributed by atoms with Gasteiger partial charge in [0.25, 0.3) is 0 Å². The number of rotatable bonds is 8. The first-order valence-corrected chi connectivity index (χ1v) is 11.2. The number of carboxylic acids is 1. The van der Waals surface area contributed by atoms with Gasteiger partial charge in [-0.1, -0.05) is 31.6 Å². The number of carbonyl (C=O) groups is 1. The van der Waals surface area contributed by atoms with E-state index in [1.807, 2.05) is 12.3 Å². The fraction of sp³-hybridized carbons (Fsp3) is 0.462. The van der Waals surface area contributed by atoms with Crippen LogP contribution in [0.5, 0.6) is 5.75 Å². The third kappa shape index (κ3) is 5.16. The normalized spacial score (nSPS) is 16.9. The zero-order valence-electron chi connectivity index (χ0n) is 18.7. The third-order valence-corrected chi connectivity index (χ3v) is 6.34. The zero-order chi connectivity index (χ0) is 22.0. The number of pyridine rings is 1. The molecule has 0 bridgehead atoms. The number of benzene rings is 1. The molecule has 4 rings (SSSR count). The van der Waals surface area contributed by atoms with Crippen molar-refractivity contribution >= 4 is 11.5 Å². The van der Waals surface area contributed by atoms with Crippen LogP contribution in [0.2, 0.25) is 0 Å². The minimum Gasteiger partial charge on any atom is -0.487 e. The highest BCUT2D eigenvalue weighted by atomic mass is 16.5. The van der Waals surface area contributed by atoms with E-state index in [0.29, 0.717) is 25.6 Å². The van der Waals surface area contributed by atoms with Gasteiger partial charge in [0.1, 0.15) is 12.4 Å². The largest absolute Gasteiger partial charge is 0.487 e. The molecule has 2 heterocycles. The fourth-order valence-corrected chi connectivity index (χ4v) is 4.51. The minimum absolute atomic E-state index is 0.197. The number of hydrogen-bond acceptors (Lipinski definition) is 4. The molecule has 0 saturated carbocycles. The Balaban J connectivity index is 1.36. The number of likely N-dealkylation sites (tertiary alicyclic amines) is 1. The highest BCUT2D eigenvalue weighted by Gasteiger charge is 2.33. The van der Waals surface area contributed by atoms with Gasteiger partial charge < -0.3 is 9.84 Å². The summed E-state index contributed by atoms with van der Waals surface area (Å²) in [5.41, 5.74) is 7.58. The van der Waals surface area contributed by atoms with Gasteiger partial charge in [0.15, 0.2) is 0 Å². The SMILES string of the molecule is CC1=C(CN2CC(C(=O)O)C2)CCc2cc(OCc3ccc(CC(C)C)cn3)ccc21. The molecule has 1 aromatic heterocycles. The van der Waals surface area contributed by atoms with Gasteiger partial charge in [0.2, 0.25) is 0 Å². The van der Waals surface area contributed by atoms with Crippen molar-refractivity contribution < 1.29 is 14.6 Å². The molecule has 0 amide bonds. The van der Waals surface area contributed by atoms with Gasteiger partial charge in [-0.3, -0.25) is 14.7 Å². The molecule has 2 aliphatic rings. The molecule has 0 unspecified atom stereocenters. The second-order valence-corrected chi connectivity index (χ2v) is 9.32. The highest BCUT2D eigenvalue weighted by molar-refractivity contribution is 5.73. The minimum atomic E-state index is -0.676. The van der Waals surface area contributed by atoms with Crippen molar-refractivity contribution in [2.45, 2.75) is 46.6 Å². The molecular formula is C26H32N2O3. The second kappa shape index (κ2) is 9.23. The molecule has 1 aliphatic carbocycles. The summed E-state index contributed by atoms with van der Waals surface area (Å²) < 4.78 is 6.02. The maximum Gasteiger partial charge on any atom is 0.309 e. The zero-order valence-corrected chi connectivity index (χ0v) is 18.7. The van der Waals surface area contributed by atoms with Gasteiger partial charge in [0.05, 0.1) is 11.6 Å². The number of carboxylic acid groups (broad SMARTS) is 1. The van der Waals surface area contributed by atoms with E-state index in [9.17, 15) is 4.79 Å². The maximum atomic E-state index is 11.0. The molecule has 5 nitrogen and oxygen atoms in total. The van der Waals surface area contributed by atoms with E-state index in [1.54, 1.807) is 0 Å². The van der Waals surface area contributed by atoms with Crippen molar-refractivity contribution in [2.24, 2.45) is 11.8 Å². The summed E-state index contributed by atoms with van der Waals surface area (Å²) in [5, 5.41) is 9.07. The van der Waals surface area contributed by atoms with E-state index >= 15 is 0 Å². The van der Waals surface area contributed by atoms with Crippen molar-refractivity contribution in [1.82, 2.24) is 9.88 Å². The predicted octanol–water partition coefficient (Wildman–Crippen LogP) is 4.60. The first-order chi connectivity index (χ1) is 14.9. The summed E-state index contributed by atoms with van der Waals surface area (Å²) in [7, 11) is 0. The Kier molecular flexibility index (Phi) is 6.42. The van der Waals surface area contributed by atoms with Gasteiger partial charge >= 0.3 is 5.97 Å². The lowest BCUT2D eigenvalue weighted by Crippen LogP contribution is -2.50. The third-order valence-electron chi connectivity index (χ3n) is 6.34. The number of aromatic nitrogens is 1. The molecule has 1 fully saturated rings. The second-order valence-electron chi connectivity index (χ2n) is 9.32. The molecule has 31 heavy (non-hydrogen) atoms. The van der Waals surface area contributed by atoms with Crippen LogP contribution in [0.4, 0.5) is 0 Å². The standard InChI is InChI=1S/C26H32N2O3/c1-17(2)10-19-4-7-23(27-12-19)16-31-24-8-9-25-18(3)21(6-5-20(25)11-24)13-28-14-22(15-28)26(29)30/h4,7-9,11-12,17,22H,5-6,10,13-16H2,1-3H3,(H,29,30). The van der Waals surface area contributed by atoms with Crippen LogP contribution in [0, 0.1) is 11.8 Å². The van der Waals surface area contributed by atoms with E-state index in [2.05, 4.69) is 54.9 Å². The Morgan fingerprint density at radius 1 is 1.23 bits per heavy atom. The first kappa shape index (κ1) is 21.6. The van der Waals surface area contributed by atoms with Crippen molar-refractivity contribution in [3.05, 3.63) is 64.5 Å². The van der Waals surface area contributed by atoms with E-state index in [1.165, 1.54) is 27.8 Å². The molecule has 0 atom stereocenters. The van der Waals surface area contributed by atoms with Crippen LogP contribution in [0.25, 0.3) is 5.57 Å². The van der Waals surface area contributed by atoms with Gasteiger partial charge in [-0.15, -0.1) is 0 Å². The van der Waals surface area contributed by atoms with E-state index < -0.39 is 5.97 Å². The van der Waals surface area contributed by atoms with Gasteiger partial charge in [-0.25, -0.2) is 0 Å². The molecule has 164 valence electrons. The molecule has 1 N–H and O–H groups in total. The van der Waals surface area contributed by atoms with Crippen LogP contribution >= 0.6 is 0 Å². The Morgan fingerprint density at radius 3 is 2.71 bits per heavy atom. The molecule has 1 saturated heterocycles. The first-order valence-electron chi connectivity index (χ1n) is 11.2. The molecule has 5 heteroatoms. The van der Waals surface area contributed by atoms with Crippen LogP contribution in [0.15, 0.2) is 42.1 Å². The lowest BCUT2D eigenvalue weighted by molar-refractivity contribution is -0.147. The molecule has 0 spiro atoms. The highest BCUT2D eigenvalue weighted by Crippen LogP contribution is 2.34. The van der Waals surface area contributed by atoms with Crippen LogP contribution in [0.3, 0.4) is 0 Å². The van der Waals surface area contributed by atoms with E-state index in [-0.39, 0.29) is 5.92 Å². The van der Waals surface area contributed by atoms with Crippen LogP contribution in [-0.4, -0.2) is 40.6 Å². The maximum absolute atomic E-state index is 11.0. The Hall–Kier alpha value is -2.66. The summed E-state index contributed by atoms with van der Waals surface area (Å²) >= 11 is 0. The van der Waals surface area contributed by atoms with Gasteiger partial charge in [-0.2, -0.15) is 0 Å². The molecule has 0 radical (unpaired) electrons. The van der Waals surface area contributed by atoms with E-state index in [0.717, 1.165) is 37.3 Å². The number of allylic oxidation sites excluding steroid dienone is 1. The van der Waals surface area contributed by atoms with Crippen molar-refractivity contribution in [3.63, 3.8) is 0 Å². The Morgan fingerprint density at radius 2 is 2.03 bits per heavy atom. The van der Waals surface area contributed by atoms with Crippen LogP contribution < -0.4 is 4.74 Å². The summed E-state index contributed by atoms with van der Waals surface area (Å²) in [4.78, 5) is 17.8. The number of aliphatic carboxylic acids is 1. The van der Waals surface area contributed by atoms with Crippen LogP contribution in [0.1, 0.15) is 49.6 Å². The lowest BCUT2D eigenvalue weighted by atomic mass is 9.85. The monoisotopic (exact) mass is 420 g/mol. The average molecular weight is 421 g/mol. The van der Waals surface area contributed by atoms with Gasteiger partial charge in [0, 0.05) is 25.8 Å². The topological polar surface area (TPSA) is 62.7 Å². The summed E-state index contributed by atoms with van der Waals surface area (Å²) in [6, 6.07) is 10.6. The molecular weight excluding hydrogens is 388 g/mol. The van der Waals surface area contributed by atoms with E-state index in [4.69, 9.17) is 9.84 Å². The number of hydrogen-bond donors (Lipinski definition) is 1. The van der Waals surface area contributed by atoms with Crippen molar-refractivity contribution in [1.29, 1.82) is 0 Å². The number of fused-ring (bicyclic) bond motifs is 1. The number of ether oxygens (including phenoxy) is 1. The molecule has 1 aliphatic heterocycles. The molecule has 1 aromatic carbocycles. The fourth-order valence-electron chi connectivity index (χ4n) is 4.51. The van der Waals surface area contributed by atoms with Crippen molar-refractivity contribution in [3.8, 4) is 5.75 Å². The average Bonchev–Trinajstić information content (AvgIpc) is 2.70. The predicted molar refractivity (Wildman–Crippen MR) is 122 cm³/mol. The smallest absolute Gasteiger partial charge is 0.309 e. The van der Waals surface area contributed by atoms with Crippen molar-refractivity contribution in [2.75, 3.05) is 19.6 Å².